The maximum Gasteiger partial charge on any atom is 0.224 e. The van der Waals surface area contributed by atoms with Crippen molar-refractivity contribution in [1.82, 2.24) is 5.32 Å². The fraction of sp³-hybridized carbons (Fsp3) is 0.786. The first-order valence-corrected chi connectivity index (χ1v) is 6.91. The van der Waals surface area contributed by atoms with Crippen molar-refractivity contribution in [2.24, 2.45) is 0 Å². The highest BCUT2D eigenvalue weighted by Crippen LogP contribution is 2.21. The summed E-state index contributed by atoms with van der Waals surface area (Å²) < 4.78 is 0. The Bertz CT molecular complexity index is 299. The van der Waals surface area contributed by atoms with E-state index < -0.39 is 0 Å². The molecule has 17 heavy (non-hydrogen) atoms. The van der Waals surface area contributed by atoms with Crippen LogP contribution in [0.3, 0.4) is 0 Å². The number of amides is 1. The smallest absolute Gasteiger partial charge is 0.224 e. The van der Waals surface area contributed by atoms with Gasteiger partial charge in [0.15, 0.2) is 0 Å². The number of carbonyl (C=O) groups is 1. The fourth-order valence-electron chi connectivity index (χ4n) is 2.81. The summed E-state index contributed by atoms with van der Waals surface area (Å²) in [6.07, 6.45) is 11.0. The molecular weight excluding hydrogens is 214 g/mol. The van der Waals surface area contributed by atoms with Crippen LogP contribution in [0.25, 0.3) is 0 Å². The minimum atomic E-state index is -0.340. The topological polar surface area (TPSA) is 49.3 Å². The van der Waals surface area contributed by atoms with E-state index in [0.29, 0.717) is 6.42 Å². The van der Waals surface area contributed by atoms with Gasteiger partial charge in [-0.15, -0.1) is 0 Å². The second kappa shape index (κ2) is 6.20. The maximum absolute atomic E-state index is 11.9. The largest absolute Gasteiger partial charge is 0.391 e. The predicted molar refractivity (Wildman–Crippen MR) is 67.6 cm³/mol. The van der Waals surface area contributed by atoms with Gasteiger partial charge in [0.1, 0.15) is 0 Å². The van der Waals surface area contributed by atoms with Crippen LogP contribution in [0.4, 0.5) is 0 Å². The number of aliphatic hydroxyl groups is 1. The SMILES string of the molecule is O=C(CC1=CCCCC1)N[C@H]1CCCC[C@@H]1O. The second-order valence-electron chi connectivity index (χ2n) is 5.31. The van der Waals surface area contributed by atoms with Crippen molar-refractivity contribution in [1.29, 1.82) is 0 Å². The summed E-state index contributed by atoms with van der Waals surface area (Å²) in [7, 11) is 0. The van der Waals surface area contributed by atoms with Gasteiger partial charge in [-0.2, -0.15) is 0 Å². The first-order chi connectivity index (χ1) is 8.25. The summed E-state index contributed by atoms with van der Waals surface area (Å²) in [6.45, 7) is 0. The van der Waals surface area contributed by atoms with E-state index in [0.717, 1.165) is 38.5 Å². The molecule has 0 bridgehead atoms. The molecular formula is C14H23NO2. The summed E-state index contributed by atoms with van der Waals surface area (Å²) in [6, 6.07) is -0.0135. The van der Waals surface area contributed by atoms with Crippen LogP contribution < -0.4 is 5.32 Å². The number of nitrogens with one attached hydrogen (secondary N) is 1. The molecule has 2 rings (SSSR count). The van der Waals surface area contributed by atoms with E-state index in [-0.39, 0.29) is 18.1 Å². The molecule has 3 heteroatoms. The number of carbonyl (C=O) groups excluding carboxylic acids is 1. The van der Waals surface area contributed by atoms with Crippen molar-refractivity contribution in [3.8, 4) is 0 Å². The Hall–Kier alpha value is -0.830. The van der Waals surface area contributed by atoms with Gasteiger partial charge in [0, 0.05) is 6.42 Å². The molecule has 2 aliphatic rings. The summed E-state index contributed by atoms with van der Waals surface area (Å²) in [5.41, 5.74) is 1.28. The van der Waals surface area contributed by atoms with Crippen molar-refractivity contribution in [2.75, 3.05) is 0 Å². The van der Waals surface area contributed by atoms with Crippen molar-refractivity contribution >= 4 is 5.91 Å². The second-order valence-corrected chi connectivity index (χ2v) is 5.31. The predicted octanol–water partition coefficient (Wildman–Crippen LogP) is 2.30. The van der Waals surface area contributed by atoms with Gasteiger partial charge in [-0.1, -0.05) is 24.5 Å². The molecule has 2 atom stereocenters. The average Bonchev–Trinajstić information content (AvgIpc) is 2.33. The molecule has 96 valence electrons. The molecule has 0 aromatic carbocycles. The van der Waals surface area contributed by atoms with E-state index in [1.165, 1.54) is 18.4 Å². The van der Waals surface area contributed by atoms with E-state index >= 15 is 0 Å². The molecule has 0 spiro atoms. The van der Waals surface area contributed by atoms with Gasteiger partial charge >= 0.3 is 0 Å². The van der Waals surface area contributed by atoms with Gasteiger partial charge in [0.2, 0.25) is 5.91 Å². The van der Waals surface area contributed by atoms with Crippen LogP contribution in [0.2, 0.25) is 0 Å². The van der Waals surface area contributed by atoms with Crippen molar-refractivity contribution in [2.45, 2.75) is 69.9 Å². The Morgan fingerprint density at radius 3 is 2.82 bits per heavy atom. The summed E-state index contributed by atoms with van der Waals surface area (Å²) in [4.78, 5) is 11.9. The molecule has 0 radical (unpaired) electrons. The molecule has 0 unspecified atom stereocenters. The molecule has 0 saturated heterocycles. The van der Waals surface area contributed by atoms with Crippen LogP contribution in [-0.2, 0) is 4.79 Å². The molecule has 1 amide bonds. The molecule has 1 fully saturated rings. The van der Waals surface area contributed by atoms with E-state index in [4.69, 9.17) is 0 Å². The lowest BCUT2D eigenvalue weighted by atomic mass is 9.92. The lowest BCUT2D eigenvalue weighted by molar-refractivity contribution is -0.122. The van der Waals surface area contributed by atoms with Crippen LogP contribution in [0.1, 0.15) is 57.8 Å². The van der Waals surface area contributed by atoms with Crippen LogP contribution in [0.15, 0.2) is 11.6 Å². The lowest BCUT2D eigenvalue weighted by Gasteiger charge is -2.28. The Morgan fingerprint density at radius 1 is 1.29 bits per heavy atom. The van der Waals surface area contributed by atoms with Crippen LogP contribution in [-0.4, -0.2) is 23.2 Å². The van der Waals surface area contributed by atoms with Crippen molar-refractivity contribution in [3.05, 3.63) is 11.6 Å². The number of allylic oxidation sites excluding steroid dienone is 1. The molecule has 0 heterocycles. The standard InChI is InChI=1S/C14H23NO2/c16-13-9-5-4-8-12(13)15-14(17)10-11-6-2-1-3-7-11/h6,12-13,16H,1-5,7-10H2,(H,15,17)/t12-,13-/m0/s1. The van der Waals surface area contributed by atoms with Crippen molar-refractivity contribution < 1.29 is 9.90 Å². The number of aliphatic hydroxyl groups excluding tert-OH is 1. The van der Waals surface area contributed by atoms with E-state index in [1.54, 1.807) is 0 Å². The monoisotopic (exact) mass is 237 g/mol. The zero-order valence-corrected chi connectivity index (χ0v) is 10.5. The van der Waals surface area contributed by atoms with Crippen molar-refractivity contribution in [3.63, 3.8) is 0 Å². The third kappa shape index (κ3) is 3.84. The Kier molecular flexibility index (Phi) is 4.60. The van der Waals surface area contributed by atoms with Crippen LogP contribution in [0, 0.1) is 0 Å². The zero-order valence-electron chi connectivity index (χ0n) is 10.5. The number of rotatable bonds is 3. The normalized spacial score (nSPS) is 29.6. The van der Waals surface area contributed by atoms with Gasteiger partial charge < -0.3 is 10.4 Å². The minimum Gasteiger partial charge on any atom is -0.391 e. The van der Waals surface area contributed by atoms with Gasteiger partial charge in [-0.05, 0) is 38.5 Å². The highest BCUT2D eigenvalue weighted by molar-refractivity contribution is 5.78. The summed E-state index contributed by atoms with van der Waals surface area (Å²) >= 11 is 0. The zero-order chi connectivity index (χ0) is 12.1. The average molecular weight is 237 g/mol. The first kappa shape index (κ1) is 12.6. The fourth-order valence-corrected chi connectivity index (χ4v) is 2.81. The molecule has 0 aromatic heterocycles. The third-order valence-corrected chi connectivity index (χ3v) is 3.85. The van der Waals surface area contributed by atoms with E-state index in [2.05, 4.69) is 11.4 Å². The maximum atomic E-state index is 11.9. The molecule has 1 saturated carbocycles. The molecule has 2 aliphatic carbocycles. The van der Waals surface area contributed by atoms with Gasteiger partial charge in [-0.3, -0.25) is 4.79 Å². The first-order valence-electron chi connectivity index (χ1n) is 6.91. The molecule has 0 aliphatic heterocycles. The van der Waals surface area contributed by atoms with E-state index in [9.17, 15) is 9.90 Å². The Balaban J connectivity index is 1.78. The molecule has 0 aromatic rings. The van der Waals surface area contributed by atoms with E-state index in [1.807, 2.05) is 0 Å². The molecule has 3 nitrogen and oxygen atoms in total. The number of hydrogen-bond acceptors (Lipinski definition) is 2. The minimum absolute atomic E-state index is 0.0135. The lowest BCUT2D eigenvalue weighted by Crippen LogP contribution is -2.45. The quantitative estimate of drug-likeness (QED) is 0.740. The van der Waals surface area contributed by atoms with Crippen LogP contribution in [0.5, 0.6) is 0 Å². The highest BCUT2D eigenvalue weighted by Gasteiger charge is 2.24. The highest BCUT2D eigenvalue weighted by atomic mass is 16.3. The van der Waals surface area contributed by atoms with Gasteiger partial charge in [0.05, 0.1) is 12.1 Å². The van der Waals surface area contributed by atoms with Gasteiger partial charge in [-0.25, -0.2) is 0 Å². The summed E-state index contributed by atoms with van der Waals surface area (Å²) in [5.74, 6) is 0.0871. The third-order valence-electron chi connectivity index (χ3n) is 3.85. The molecule has 2 N–H and O–H groups in total. The number of hydrogen-bond donors (Lipinski definition) is 2. The Labute approximate surface area is 103 Å². The Morgan fingerprint density at radius 2 is 2.12 bits per heavy atom. The van der Waals surface area contributed by atoms with Crippen LogP contribution >= 0.6 is 0 Å². The summed E-state index contributed by atoms with van der Waals surface area (Å²) in [5, 5.41) is 12.8. The van der Waals surface area contributed by atoms with Gasteiger partial charge in [0.25, 0.3) is 0 Å².